The lowest BCUT2D eigenvalue weighted by molar-refractivity contribution is 0.338. The molecule has 0 saturated heterocycles. The summed E-state index contributed by atoms with van der Waals surface area (Å²) in [6.07, 6.45) is 0. The van der Waals surface area contributed by atoms with Crippen LogP contribution in [0.3, 0.4) is 0 Å². The molecule has 0 radical (unpaired) electrons. The molecule has 1 N–H and O–H groups in total. The van der Waals surface area contributed by atoms with Crippen molar-refractivity contribution < 1.29 is 9.84 Å². The monoisotopic (exact) mass is 295 g/mol. The first kappa shape index (κ1) is 11.9. The van der Waals surface area contributed by atoms with Crippen LogP contribution in [0, 0.1) is 4.91 Å². The maximum atomic E-state index is 10.7. The molecule has 0 aliphatic rings. The molecule has 88 valence electrons. The Labute approximate surface area is 106 Å². The fourth-order valence-electron chi connectivity index (χ4n) is 1.66. The van der Waals surface area contributed by atoms with Crippen LogP contribution < -0.4 is 4.74 Å². The Balaban J connectivity index is 2.73. The lowest BCUT2D eigenvalue weighted by Crippen LogP contribution is -1.92. The first-order valence-electron chi connectivity index (χ1n) is 5.08. The first-order chi connectivity index (χ1) is 8.17. The Kier molecular flexibility index (Phi) is 3.28. The van der Waals surface area contributed by atoms with E-state index in [0.29, 0.717) is 17.7 Å². The van der Waals surface area contributed by atoms with Crippen molar-refractivity contribution in [1.82, 2.24) is 0 Å². The highest BCUT2D eigenvalue weighted by Crippen LogP contribution is 2.39. The van der Waals surface area contributed by atoms with E-state index in [-0.39, 0.29) is 11.4 Å². The van der Waals surface area contributed by atoms with Crippen LogP contribution in [0.25, 0.3) is 10.8 Å². The van der Waals surface area contributed by atoms with Gasteiger partial charge in [0, 0.05) is 5.39 Å². The molecule has 4 nitrogen and oxygen atoms in total. The van der Waals surface area contributed by atoms with Crippen molar-refractivity contribution in [3.63, 3.8) is 0 Å². The van der Waals surface area contributed by atoms with E-state index in [9.17, 15) is 10.0 Å². The van der Waals surface area contributed by atoms with Gasteiger partial charge in [-0.1, -0.05) is 6.07 Å². The average Bonchev–Trinajstić information content (AvgIpc) is 2.31. The zero-order valence-electron chi connectivity index (χ0n) is 9.11. The minimum Gasteiger partial charge on any atom is -0.506 e. The maximum Gasteiger partial charge on any atom is 0.157 e. The molecule has 2 rings (SSSR count). The summed E-state index contributed by atoms with van der Waals surface area (Å²) in [5, 5.41) is 13.8. The van der Waals surface area contributed by atoms with Gasteiger partial charge in [0.25, 0.3) is 0 Å². The Morgan fingerprint density at radius 2 is 2.18 bits per heavy atom. The van der Waals surface area contributed by atoms with Gasteiger partial charge in [-0.15, -0.1) is 4.91 Å². The molecule has 0 aliphatic carbocycles. The van der Waals surface area contributed by atoms with Crippen molar-refractivity contribution in [2.75, 3.05) is 6.61 Å². The van der Waals surface area contributed by atoms with Crippen LogP contribution in [0.1, 0.15) is 6.92 Å². The van der Waals surface area contributed by atoms with E-state index in [2.05, 4.69) is 21.1 Å². The van der Waals surface area contributed by atoms with Gasteiger partial charge in [0.05, 0.1) is 11.1 Å². The predicted molar refractivity (Wildman–Crippen MR) is 69.9 cm³/mol. The normalized spacial score (nSPS) is 10.5. The molecule has 0 aliphatic heterocycles. The van der Waals surface area contributed by atoms with Crippen molar-refractivity contribution in [1.29, 1.82) is 0 Å². The molecule has 0 heterocycles. The van der Waals surface area contributed by atoms with Gasteiger partial charge < -0.3 is 9.84 Å². The molecule has 2 aromatic rings. The number of ether oxygens (including phenoxy) is 1. The number of aromatic hydroxyl groups is 1. The number of nitrogens with zero attached hydrogens (tertiary/aromatic N) is 1. The Morgan fingerprint density at radius 1 is 1.41 bits per heavy atom. The SMILES string of the molecule is CCOc1cc2ccc(O)c(N=O)c2cc1Br. The number of phenolic OH excluding ortho intramolecular Hbond substituents is 1. The predicted octanol–water partition coefficient (Wildman–Crippen LogP) is 4.10. The summed E-state index contributed by atoms with van der Waals surface area (Å²) >= 11 is 3.36. The number of nitroso groups, excluding NO2 is 1. The van der Waals surface area contributed by atoms with Crippen molar-refractivity contribution >= 4 is 32.4 Å². The lowest BCUT2D eigenvalue weighted by Gasteiger charge is -2.09. The second-order valence-electron chi connectivity index (χ2n) is 3.46. The van der Waals surface area contributed by atoms with E-state index in [1.54, 1.807) is 18.2 Å². The highest BCUT2D eigenvalue weighted by atomic mass is 79.9. The van der Waals surface area contributed by atoms with Crippen LogP contribution >= 0.6 is 15.9 Å². The molecule has 0 saturated carbocycles. The average molecular weight is 296 g/mol. The molecule has 0 fully saturated rings. The van der Waals surface area contributed by atoms with Gasteiger partial charge in [-0.25, -0.2) is 0 Å². The van der Waals surface area contributed by atoms with Gasteiger partial charge >= 0.3 is 0 Å². The summed E-state index contributed by atoms with van der Waals surface area (Å²) in [5.74, 6) is 0.575. The van der Waals surface area contributed by atoms with E-state index in [1.165, 1.54) is 6.07 Å². The van der Waals surface area contributed by atoms with E-state index in [4.69, 9.17) is 4.74 Å². The van der Waals surface area contributed by atoms with Crippen molar-refractivity contribution in [3.05, 3.63) is 33.6 Å². The van der Waals surface area contributed by atoms with Gasteiger partial charge in [0.1, 0.15) is 11.5 Å². The quantitative estimate of drug-likeness (QED) is 0.867. The molecule has 0 aromatic heterocycles. The standard InChI is InChI=1S/C12H10BrNO3/c1-2-17-11-5-7-3-4-10(15)12(14-16)8(7)6-9(11)13/h3-6,15H,2H2,1H3. The zero-order valence-corrected chi connectivity index (χ0v) is 10.7. The van der Waals surface area contributed by atoms with Gasteiger partial charge in [-0.3, -0.25) is 0 Å². The third-order valence-corrected chi connectivity index (χ3v) is 3.03. The van der Waals surface area contributed by atoms with E-state index in [0.717, 1.165) is 9.86 Å². The summed E-state index contributed by atoms with van der Waals surface area (Å²) in [4.78, 5) is 10.7. The van der Waals surface area contributed by atoms with Crippen molar-refractivity contribution in [2.24, 2.45) is 5.18 Å². The molecular weight excluding hydrogens is 286 g/mol. The smallest absolute Gasteiger partial charge is 0.157 e. The van der Waals surface area contributed by atoms with E-state index < -0.39 is 0 Å². The minimum absolute atomic E-state index is 0.0475. The summed E-state index contributed by atoms with van der Waals surface area (Å²) < 4.78 is 6.15. The summed E-state index contributed by atoms with van der Waals surface area (Å²) in [5.41, 5.74) is 0.0475. The van der Waals surface area contributed by atoms with Crippen LogP contribution in [0.4, 0.5) is 5.69 Å². The van der Waals surface area contributed by atoms with Crippen LogP contribution in [-0.4, -0.2) is 11.7 Å². The van der Waals surface area contributed by atoms with Crippen LogP contribution in [-0.2, 0) is 0 Å². The largest absolute Gasteiger partial charge is 0.506 e. The summed E-state index contributed by atoms with van der Waals surface area (Å²) in [6, 6.07) is 6.69. The van der Waals surface area contributed by atoms with Crippen LogP contribution in [0.2, 0.25) is 0 Å². The molecule has 0 unspecified atom stereocenters. The van der Waals surface area contributed by atoms with Gasteiger partial charge in [0.15, 0.2) is 5.69 Å². The summed E-state index contributed by atoms with van der Waals surface area (Å²) in [7, 11) is 0. The van der Waals surface area contributed by atoms with Crippen molar-refractivity contribution in [2.45, 2.75) is 6.92 Å². The Hall–Kier alpha value is -1.62. The second kappa shape index (κ2) is 4.71. The third-order valence-electron chi connectivity index (χ3n) is 2.41. The Bertz CT molecular complexity index is 583. The molecule has 2 aromatic carbocycles. The van der Waals surface area contributed by atoms with Crippen LogP contribution in [0.5, 0.6) is 11.5 Å². The number of rotatable bonds is 3. The topological polar surface area (TPSA) is 58.9 Å². The van der Waals surface area contributed by atoms with Gasteiger partial charge in [-0.05, 0) is 51.6 Å². The van der Waals surface area contributed by atoms with Gasteiger partial charge in [-0.2, -0.15) is 0 Å². The maximum absolute atomic E-state index is 10.7. The second-order valence-corrected chi connectivity index (χ2v) is 4.32. The molecular formula is C12H10BrNO3. The zero-order chi connectivity index (χ0) is 12.4. The van der Waals surface area contributed by atoms with E-state index in [1.807, 2.05) is 6.92 Å². The number of phenols is 1. The number of hydrogen-bond acceptors (Lipinski definition) is 4. The number of benzene rings is 2. The first-order valence-corrected chi connectivity index (χ1v) is 5.88. The molecule has 17 heavy (non-hydrogen) atoms. The van der Waals surface area contributed by atoms with Crippen LogP contribution in [0.15, 0.2) is 33.9 Å². The number of halogens is 1. The molecule has 5 heteroatoms. The number of hydrogen-bond donors (Lipinski definition) is 1. The lowest BCUT2D eigenvalue weighted by atomic mass is 10.1. The number of fused-ring (bicyclic) bond motifs is 1. The highest BCUT2D eigenvalue weighted by molar-refractivity contribution is 9.10. The highest BCUT2D eigenvalue weighted by Gasteiger charge is 2.11. The van der Waals surface area contributed by atoms with E-state index >= 15 is 0 Å². The fraction of sp³-hybridized carbons (Fsp3) is 0.167. The summed E-state index contributed by atoms with van der Waals surface area (Å²) in [6.45, 7) is 2.45. The molecule has 0 bridgehead atoms. The molecule has 0 spiro atoms. The fourth-order valence-corrected chi connectivity index (χ4v) is 2.12. The minimum atomic E-state index is -0.122. The van der Waals surface area contributed by atoms with Gasteiger partial charge in [0.2, 0.25) is 0 Å². The molecule has 0 amide bonds. The van der Waals surface area contributed by atoms with Crippen molar-refractivity contribution in [3.8, 4) is 11.5 Å². The third kappa shape index (κ3) is 2.10. The molecule has 0 atom stereocenters. The Morgan fingerprint density at radius 3 is 2.82 bits per heavy atom.